The first kappa shape index (κ1) is 9.63. The van der Waals surface area contributed by atoms with Crippen molar-refractivity contribution in [3.63, 3.8) is 0 Å². The molecule has 0 bridgehead atoms. The number of halogens is 1. The first-order valence-electron chi connectivity index (χ1n) is 4.27. The van der Waals surface area contributed by atoms with Crippen LogP contribution in [0, 0.1) is 11.3 Å². The molecule has 0 amide bonds. The third kappa shape index (κ3) is 1.95. The van der Waals surface area contributed by atoms with Gasteiger partial charge in [-0.05, 0) is 17.7 Å². The summed E-state index contributed by atoms with van der Waals surface area (Å²) in [6.07, 6.45) is 3.02. The van der Waals surface area contributed by atoms with Crippen molar-refractivity contribution < 1.29 is 0 Å². The molecule has 0 radical (unpaired) electrons. The molecule has 15 heavy (non-hydrogen) atoms. The molecule has 0 aliphatic carbocycles. The van der Waals surface area contributed by atoms with Crippen molar-refractivity contribution in [3.8, 4) is 17.2 Å². The molecule has 0 saturated heterocycles. The summed E-state index contributed by atoms with van der Waals surface area (Å²) in [5.74, 6) is 0. The van der Waals surface area contributed by atoms with E-state index in [0.717, 1.165) is 11.1 Å². The quantitative estimate of drug-likeness (QED) is 0.688. The minimum atomic E-state index is 0.389. The van der Waals surface area contributed by atoms with E-state index >= 15 is 0 Å². The van der Waals surface area contributed by atoms with Crippen molar-refractivity contribution in [3.05, 3.63) is 47.5 Å². The van der Waals surface area contributed by atoms with Gasteiger partial charge >= 0.3 is 0 Å². The van der Waals surface area contributed by atoms with Crippen molar-refractivity contribution >= 4 is 11.6 Å². The minimum Gasteiger partial charge on any atom is -0.244 e. The molecule has 0 aliphatic rings. The molecule has 2 aromatic rings. The van der Waals surface area contributed by atoms with Gasteiger partial charge in [0.25, 0.3) is 0 Å². The van der Waals surface area contributed by atoms with Gasteiger partial charge in [-0.15, -0.1) is 0 Å². The maximum absolute atomic E-state index is 8.76. The molecule has 0 atom stereocenters. The third-order valence-electron chi connectivity index (χ3n) is 1.97. The SMILES string of the molecule is N#Cc1cccc(-c2cncnc2Cl)c1. The number of benzene rings is 1. The lowest BCUT2D eigenvalue weighted by Crippen LogP contribution is -1.85. The fourth-order valence-corrected chi connectivity index (χ4v) is 1.47. The number of hydrogen-bond donors (Lipinski definition) is 0. The van der Waals surface area contributed by atoms with Gasteiger partial charge in [-0.25, -0.2) is 9.97 Å². The molecule has 72 valence electrons. The highest BCUT2D eigenvalue weighted by Gasteiger charge is 2.04. The van der Waals surface area contributed by atoms with Crippen LogP contribution < -0.4 is 0 Å². The van der Waals surface area contributed by atoms with E-state index < -0.39 is 0 Å². The molecule has 1 aromatic carbocycles. The van der Waals surface area contributed by atoms with Crippen molar-refractivity contribution in [2.24, 2.45) is 0 Å². The Morgan fingerprint density at radius 2 is 2.20 bits per heavy atom. The molecular weight excluding hydrogens is 210 g/mol. The van der Waals surface area contributed by atoms with Gasteiger partial charge in [0, 0.05) is 11.8 Å². The van der Waals surface area contributed by atoms with Gasteiger partial charge in [-0.3, -0.25) is 0 Å². The van der Waals surface area contributed by atoms with Gasteiger partial charge in [-0.1, -0.05) is 23.7 Å². The highest BCUT2D eigenvalue weighted by Crippen LogP contribution is 2.25. The van der Waals surface area contributed by atoms with Crippen LogP contribution in [0.15, 0.2) is 36.8 Å². The first-order chi connectivity index (χ1) is 7.31. The van der Waals surface area contributed by atoms with Crippen LogP contribution in [0.1, 0.15) is 5.56 Å². The highest BCUT2D eigenvalue weighted by atomic mass is 35.5. The molecule has 4 heteroatoms. The lowest BCUT2D eigenvalue weighted by molar-refractivity contribution is 1.17. The summed E-state index contributed by atoms with van der Waals surface area (Å²) in [4.78, 5) is 7.78. The summed E-state index contributed by atoms with van der Waals surface area (Å²) in [5, 5.41) is 9.15. The Morgan fingerprint density at radius 3 is 2.93 bits per heavy atom. The Bertz CT molecular complexity index is 531. The third-order valence-corrected chi connectivity index (χ3v) is 2.27. The number of aromatic nitrogens is 2. The van der Waals surface area contributed by atoms with Crippen molar-refractivity contribution in [2.75, 3.05) is 0 Å². The summed E-state index contributed by atoms with van der Waals surface area (Å²) in [5.41, 5.74) is 2.17. The maximum atomic E-state index is 8.76. The second-order valence-corrected chi connectivity index (χ2v) is 3.28. The first-order valence-corrected chi connectivity index (χ1v) is 4.65. The Hall–Kier alpha value is -1.92. The Kier molecular flexibility index (Phi) is 2.61. The van der Waals surface area contributed by atoms with Crippen LogP contribution in [0.2, 0.25) is 5.15 Å². The number of nitrogens with zero attached hydrogens (tertiary/aromatic N) is 3. The zero-order valence-electron chi connectivity index (χ0n) is 7.68. The van der Waals surface area contributed by atoms with Gasteiger partial charge in [0.1, 0.15) is 11.5 Å². The Morgan fingerprint density at radius 1 is 1.33 bits per heavy atom. The van der Waals surface area contributed by atoms with Crippen molar-refractivity contribution in [1.29, 1.82) is 5.26 Å². The largest absolute Gasteiger partial charge is 0.244 e. The summed E-state index contributed by atoms with van der Waals surface area (Å²) in [6, 6.07) is 9.23. The summed E-state index contributed by atoms with van der Waals surface area (Å²) in [6.45, 7) is 0. The van der Waals surface area contributed by atoms with Crippen LogP contribution in [0.3, 0.4) is 0 Å². The van der Waals surface area contributed by atoms with E-state index in [1.165, 1.54) is 6.33 Å². The van der Waals surface area contributed by atoms with E-state index in [9.17, 15) is 0 Å². The molecule has 1 aromatic heterocycles. The molecule has 3 nitrogen and oxygen atoms in total. The summed E-state index contributed by atoms with van der Waals surface area (Å²) < 4.78 is 0. The number of rotatable bonds is 1. The van der Waals surface area contributed by atoms with E-state index in [2.05, 4.69) is 16.0 Å². The fourth-order valence-electron chi connectivity index (χ4n) is 1.26. The van der Waals surface area contributed by atoms with Crippen LogP contribution in [-0.2, 0) is 0 Å². The lowest BCUT2D eigenvalue weighted by atomic mass is 10.1. The second-order valence-electron chi connectivity index (χ2n) is 2.92. The van der Waals surface area contributed by atoms with Crippen molar-refractivity contribution in [2.45, 2.75) is 0 Å². The monoisotopic (exact) mass is 215 g/mol. The lowest BCUT2D eigenvalue weighted by Gasteiger charge is -2.02. The zero-order valence-corrected chi connectivity index (χ0v) is 8.44. The summed E-state index contributed by atoms with van der Waals surface area (Å²) >= 11 is 5.92. The molecule has 1 heterocycles. The van der Waals surface area contributed by atoms with Crippen molar-refractivity contribution in [1.82, 2.24) is 9.97 Å². The zero-order chi connectivity index (χ0) is 10.7. The second kappa shape index (κ2) is 4.07. The molecule has 0 spiro atoms. The normalized spacial score (nSPS) is 9.60. The van der Waals surface area contributed by atoms with Crippen LogP contribution in [0.5, 0.6) is 0 Å². The van der Waals surface area contributed by atoms with Crippen LogP contribution in [0.25, 0.3) is 11.1 Å². The molecular formula is C11H6ClN3. The highest BCUT2D eigenvalue weighted by molar-refractivity contribution is 6.32. The molecule has 0 saturated carbocycles. The minimum absolute atomic E-state index is 0.389. The smallest absolute Gasteiger partial charge is 0.140 e. The summed E-state index contributed by atoms with van der Waals surface area (Å²) in [7, 11) is 0. The predicted octanol–water partition coefficient (Wildman–Crippen LogP) is 2.67. The maximum Gasteiger partial charge on any atom is 0.140 e. The topological polar surface area (TPSA) is 49.6 Å². The molecule has 0 unspecified atom stereocenters. The Labute approximate surface area is 92.0 Å². The van der Waals surface area contributed by atoms with E-state index in [1.54, 1.807) is 24.4 Å². The number of hydrogen-bond acceptors (Lipinski definition) is 3. The van der Waals surface area contributed by atoms with Crippen LogP contribution >= 0.6 is 11.6 Å². The van der Waals surface area contributed by atoms with Gasteiger partial charge in [0.15, 0.2) is 0 Å². The number of nitriles is 1. The average molecular weight is 216 g/mol. The average Bonchev–Trinajstić information content (AvgIpc) is 2.30. The van der Waals surface area contributed by atoms with E-state index in [4.69, 9.17) is 16.9 Å². The van der Waals surface area contributed by atoms with Gasteiger partial charge in [0.05, 0.1) is 11.6 Å². The van der Waals surface area contributed by atoms with Gasteiger partial charge in [-0.2, -0.15) is 5.26 Å². The van der Waals surface area contributed by atoms with E-state index in [-0.39, 0.29) is 0 Å². The standard InChI is InChI=1S/C11H6ClN3/c12-11-10(6-14-7-15-11)9-3-1-2-8(4-9)5-13/h1-4,6-7H. The van der Waals surface area contributed by atoms with Gasteiger partial charge in [0.2, 0.25) is 0 Å². The molecule has 0 fully saturated rings. The fraction of sp³-hybridized carbons (Fsp3) is 0. The molecule has 2 rings (SSSR count). The predicted molar refractivity (Wildman–Crippen MR) is 57.2 cm³/mol. The van der Waals surface area contributed by atoms with E-state index in [1.807, 2.05) is 6.07 Å². The van der Waals surface area contributed by atoms with Crippen LogP contribution in [0.4, 0.5) is 0 Å². The Balaban J connectivity index is 2.55. The van der Waals surface area contributed by atoms with E-state index in [0.29, 0.717) is 10.7 Å². The van der Waals surface area contributed by atoms with Gasteiger partial charge < -0.3 is 0 Å². The molecule has 0 aliphatic heterocycles. The van der Waals surface area contributed by atoms with Crippen LogP contribution in [-0.4, -0.2) is 9.97 Å². The molecule has 0 N–H and O–H groups in total.